The van der Waals surface area contributed by atoms with Gasteiger partial charge in [-0.1, -0.05) is 11.6 Å². The van der Waals surface area contributed by atoms with Crippen molar-refractivity contribution in [2.24, 2.45) is 0 Å². The summed E-state index contributed by atoms with van der Waals surface area (Å²) in [5.74, 6) is 0.693. The Morgan fingerprint density at radius 3 is 2.52 bits per heavy atom. The van der Waals surface area contributed by atoms with E-state index < -0.39 is 0 Å². The van der Waals surface area contributed by atoms with Crippen molar-refractivity contribution in [1.29, 1.82) is 5.26 Å². The molecule has 1 saturated heterocycles. The van der Waals surface area contributed by atoms with Gasteiger partial charge in [0.2, 0.25) is 5.91 Å². The highest BCUT2D eigenvalue weighted by Crippen LogP contribution is 2.22. The Kier molecular flexibility index (Phi) is 6.17. The van der Waals surface area contributed by atoms with Crippen molar-refractivity contribution < 1.29 is 9.53 Å². The van der Waals surface area contributed by atoms with Crippen molar-refractivity contribution >= 4 is 28.9 Å². The summed E-state index contributed by atoms with van der Waals surface area (Å²) in [6, 6.07) is 14.9. The van der Waals surface area contributed by atoms with Crippen LogP contribution in [0.2, 0.25) is 5.02 Å². The molecule has 6 nitrogen and oxygen atoms in total. The van der Waals surface area contributed by atoms with Crippen LogP contribution in [0.1, 0.15) is 5.56 Å². The van der Waals surface area contributed by atoms with Gasteiger partial charge in [-0.15, -0.1) is 0 Å². The van der Waals surface area contributed by atoms with Crippen LogP contribution in [0.25, 0.3) is 0 Å². The van der Waals surface area contributed by atoms with Crippen LogP contribution in [0.15, 0.2) is 42.5 Å². The molecule has 0 bridgehead atoms. The van der Waals surface area contributed by atoms with Crippen molar-refractivity contribution in [2.45, 2.75) is 0 Å². The molecule has 3 rings (SSSR count). The van der Waals surface area contributed by atoms with E-state index in [1.165, 1.54) is 0 Å². The summed E-state index contributed by atoms with van der Waals surface area (Å²) < 4.78 is 5.19. The average molecular weight is 385 g/mol. The summed E-state index contributed by atoms with van der Waals surface area (Å²) in [5.41, 5.74) is 2.00. The number of benzene rings is 2. The minimum Gasteiger partial charge on any atom is -0.497 e. The van der Waals surface area contributed by atoms with E-state index in [4.69, 9.17) is 21.6 Å². The van der Waals surface area contributed by atoms with Gasteiger partial charge in [0, 0.05) is 36.9 Å². The summed E-state index contributed by atoms with van der Waals surface area (Å²) in [6.45, 7) is 3.56. The second-order valence-corrected chi connectivity index (χ2v) is 6.75. The number of rotatable bonds is 5. The molecule has 1 fully saturated rings. The predicted molar refractivity (Wildman–Crippen MR) is 106 cm³/mol. The molecule has 0 spiro atoms. The van der Waals surface area contributed by atoms with Crippen LogP contribution in [0.4, 0.5) is 11.4 Å². The number of hydrogen-bond acceptors (Lipinski definition) is 5. The average Bonchev–Trinajstić information content (AvgIpc) is 2.69. The second kappa shape index (κ2) is 8.76. The lowest BCUT2D eigenvalue weighted by atomic mass is 10.2. The Morgan fingerprint density at radius 2 is 1.89 bits per heavy atom. The fourth-order valence-electron chi connectivity index (χ4n) is 3.07. The lowest BCUT2D eigenvalue weighted by Crippen LogP contribution is -2.48. The number of anilines is 2. The predicted octanol–water partition coefficient (Wildman–Crippen LogP) is 2.98. The standard InChI is InChI=1S/C20H21ClN4O2/c1-27-18-6-4-17(5-7-18)25-10-8-24(9-11-25)14-20(26)23-19-12-16(21)3-2-15(19)13-22/h2-7,12H,8-11,14H2,1H3,(H,23,26). The molecule has 0 radical (unpaired) electrons. The van der Waals surface area contributed by atoms with E-state index in [2.05, 4.69) is 21.2 Å². The fourth-order valence-corrected chi connectivity index (χ4v) is 3.24. The number of halogens is 1. The number of hydrogen-bond donors (Lipinski definition) is 1. The van der Waals surface area contributed by atoms with E-state index in [1.54, 1.807) is 25.3 Å². The molecule has 1 N–H and O–H groups in total. The van der Waals surface area contributed by atoms with Gasteiger partial charge in [-0.3, -0.25) is 9.69 Å². The summed E-state index contributed by atoms with van der Waals surface area (Å²) in [4.78, 5) is 16.7. The van der Waals surface area contributed by atoms with Gasteiger partial charge in [-0.05, 0) is 42.5 Å². The minimum absolute atomic E-state index is 0.147. The number of carbonyl (C=O) groups excluding carboxylic acids is 1. The van der Waals surface area contributed by atoms with Gasteiger partial charge in [0.15, 0.2) is 0 Å². The number of piperazine rings is 1. The molecule has 1 aliphatic heterocycles. The van der Waals surface area contributed by atoms with Gasteiger partial charge >= 0.3 is 0 Å². The fraction of sp³-hybridized carbons (Fsp3) is 0.300. The van der Waals surface area contributed by atoms with Gasteiger partial charge in [-0.2, -0.15) is 5.26 Å². The maximum absolute atomic E-state index is 12.3. The van der Waals surface area contributed by atoms with Crippen molar-refractivity contribution in [2.75, 3.05) is 50.1 Å². The molecule has 7 heteroatoms. The third-order valence-corrected chi connectivity index (χ3v) is 4.79. The van der Waals surface area contributed by atoms with Gasteiger partial charge in [0.25, 0.3) is 0 Å². The van der Waals surface area contributed by atoms with E-state index >= 15 is 0 Å². The first-order valence-electron chi connectivity index (χ1n) is 8.70. The first kappa shape index (κ1) is 19.0. The second-order valence-electron chi connectivity index (χ2n) is 6.31. The molecular weight excluding hydrogens is 364 g/mol. The normalized spacial score (nSPS) is 14.5. The molecular formula is C20H21ClN4O2. The highest BCUT2D eigenvalue weighted by Gasteiger charge is 2.19. The van der Waals surface area contributed by atoms with Gasteiger partial charge < -0.3 is 15.0 Å². The zero-order valence-corrected chi connectivity index (χ0v) is 15.9. The topological polar surface area (TPSA) is 68.6 Å². The third kappa shape index (κ3) is 4.91. The Bertz CT molecular complexity index is 840. The zero-order valence-electron chi connectivity index (χ0n) is 15.1. The first-order valence-corrected chi connectivity index (χ1v) is 9.07. The van der Waals surface area contributed by atoms with Crippen molar-refractivity contribution in [3.05, 3.63) is 53.1 Å². The highest BCUT2D eigenvalue weighted by atomic mass is 35.5. The Labute approximate surface area is 163 Å². The monoisotopic (exact) mass is 384 g/mol. The minimum atomic E-state index is -0.147. The van der Waals surface area contributed by atoms with Gasteiger partial charge in [0.1, 0.15) is 11.8 Å². The maximum Gasteiger partial charge on any atom is 0.238 e. The Balaban J connectivity index is 1.52. The van der Waals surface area contributed by atoms with Crippen LogP contribution in [0, 0.1) is 11.3 Å². The number of amides is 1. The van der Waals surface area contributed by atoms with E-state index in [9.17, 15) is 4.79 Å². The van der Waals surface area contributed by atoms with Crippen LogP contribution in [-0.2, 0) is 4.79 Å². The van der Waals surface area contributed by atoms with Gasteiger partial charge in [-0.25, -0.2) is 0 Å². The van der Waals surface area contributed by atoms with Crippen LogP contribution >= 0.6 is 11.6 Å². The summed E-state index contributed by atoms with van der Waals surface area (Å²) in [7, 11) is 1.65. The number of nitrogens with one attached hydrogen (secondary N) is 1. The first-order chi connectivity index (χ1) is 13.1. The molecule has 0 aliphatic carbocycles. The molecule has 0 saturated carbocycles. The highest BCUT2D eigenvalue weighted by molar-refractivity contribution is 6.31. The molecule has 2 aromatic carbocycles. The molecule has 1 aliphatic rings. The molecule has 27 heavy (non-hydrogen) atoms. The molecule has 1 heterocycles. The van der Waals surface area contributed by atoms with Crippen LogP contribution in [0.3, 0.4) is 0 Å². The van der Waals surface area contributed by atoms with Gasteiger partial charge in [0.05, 0.1) is 24.9 Å². The van der Waals surface area contributed by atoms with Crippen LogP contribution in [0.5, 0.6) is 5.75 Å². The zero-order chi connectivity index (χ0) is 19.2. The lowest BCUT2D eigenvalue weighted by Gasteiger charge is -2.35. The number of nitriles is 1. The largest absolute Gasteiger partial charge is 0.497 e. The number of carbonyl (C=O) groups is 1. The molecule has 0 atom stereocenters. The van der Waals surface area contributed by atoms with Crippen LogP contribution in [-0.4, -0.2) is 50.6 Å². The van der Waals surface area contributed by atoms with Crippen molar-refractivity contribution in [1.82, 2.24) is 4.90 Å². The Hall–Kier alpha value is -2.75. The summed E-state index contributed by atoms with van der Waals surface area (Å²) in [5, 5.41) is 12.4. The molecule has 0 unspecified atom stereocenters. The Morgan fingerprint density at radius 1 is 1.19 bits per heavy atom. The SMILES string of the molecule is COc1ccc(N2CCN(CC(=O)Nc3cc(Cl)ccc3C#N)CC2)cc1. The maximum atomic E-state index is 12.3. The quantitative estimate of drug-likeness (QED) is 0.858. The molecule has 2 aromatic rings. The number of methoxy groups -OCH3 is 1. The molecule has 140 valence electrons. The van der Waals surface area contributed by atoms with E-state index in [-0.39, 0.29) is 12.5 Å². The number of ether oxygens (including phenoxy) is 1. The smallest absolute Gasteiger partial charge is 0.238 e. The molecule has 0 aromatic heterocycles. The third-order valence-electron chi connectivity index (χ3n) is 4.55. The summed E-state index contributed by atoms with van der Waals surface area (Å²) in [6.07, 6.45) is 0. The van der Waals surface area contributed by atoms with E-state index in [0.717, 1.165) is 37.6 Å². The van der Waals surface area contributed by atoms with Crippen molar-refractivity contribution in [3.8, 4) is 11.8 Å². The molecule has 1 amide bonds. The summed E-state index contributed by atoms with van der Waals surface area (Å²) >= 11 is 5.96. The number of nitrogens with zero attached hydrogens (tertiary/aromatic N) is 3. The van der Waals surface area contributed by atoms with Crippen molar-refractivity contribution in [3.63, 3.8) is 0 Å². The lowest BCUT2D eigenvalue weighted by molar-refractivity contribution is -0.117. The van der Waals surface area contributed by atoms with E-state index in [0.29, 0.717) is 16.3 Å². The van der Waals surface area contributed by atoms with E-state index in [1.807, 2.05) is 24.3 Å². The van der Waals surface area contributed by atoms with Crippen LogP contribution < -0.4 is 15.0 Å².